The highest BCUT2D eigenvalue weighted by Gasteiger charge is 2.37. The minimum absolute atomic E-state index is 0.127. The molecule has 7 nitrogen and oxygen atoms in total. The molecule has 2 aromatic rings. The molecule has 2 aromatic heterocycles. The van der Waals surface area contributed by atoms with Crippen molar-refractivity contribution in [3.63, 3.8) is 0 Å². The SMILES string of the molecule is Cc1cn(-c2ccc3n(c2=O)CCN([C@H]2CCC[C@@H]2O)C3=O)cn1. The van der Waals surface area contributed by atoms with Gasteiger partial charge in [0.25, 0.3) is 11.5 Å². The third kappa shape index (κ3) is 2.27. The molecule has 1 amide bonds. The first kappa shape index (κ1) is 15.1. The second kappa shape index (κ2) is 5.59. The second-order valence-electron chi connectivity index (χ2n) is 6.55. The summed E-state index contributed by atoms with van der Waals surface area (Å²) in [6.45, 7) is 2.77. The Hall–Kier alpha value is -2.41. The number of aryl methyl sites for hydroxylation is 1. The van der Waals surface area contributed by atoms with E-state index in [1.54, 1.807) is 34.1 Å². The van der Waals surface area contributed by atoms with Crippen molar-refractivity contribution in [2.75, 3.05) is 6.54 Å². The summed E-state index contributed by atoms with van der Waals surface area (Å²) in [4.78, 5) is 31.4. The fourth-order valence-corrected chi connectivity index (χ4v) is 3.78. The zero-order chi connectivity index (χ0) is 16.8. The molecular weight excluding hydrogens is 308 g/mol. The van der Waals surface area contributed by atoms with Crippen LogP contribution in [0.25, 0.3) is 5.69 Å². The first-order chi connectivity index (χ1) is 11.6. The number of carbonyl (C=O) groups is 1. The van der Waals surface area contributed by atoms with Gasteiger partial charge >= 0.3 is 0 Å². The quantitative estimate of drug-likeness (QED) is 0.880. The molecule has 1 N–H and O–H groups in total. The van der Waals surface area contributed by atoms with Crippen molar-refractivity contribution in [2.45, 2.75) is 44.9 Å². The number of aliphatic hydroxyl groups is 1. The molecule has 2 atom stereocenters. The Labute approximate surface area is 139 Å². The second-order valence-corrected chi connectivity index (χ2v) is 6.55. The van der Waals surface area contributed by atoms with Crippen LogP contribution in [0.1, 0.15) is 35.4 Å². The molecular formula is C17H20N4O3. The summed E-state index contributed by atoms with van der Waals surface area (Å²) in [5, 5.41) is 10.1. The van der Waals surface area contributed by atoms with Crippen LogP contribution in [0.15, 0.2) is 29.5 Å². The van der Waals surface area contributed by atoms with Crippen LogP contribution in [0, 0.1) is 6.92 Å². The first-order valence-electron chi connectivity index (χ1n) is 8.30. The molecule has 4 rings (SSSR count). The molecule has 1 aliphatic carbocycles. The number of aliphatic hydroxyl groups excluding tert-OH is 1. The van der Waals surface area contributed by atoms with Gasteiger partial charge in [-0.15, -0.1) is 0 Å². The van der Waals surface area contributed by atoms with Gasteiger partial charge in [-0.25, -0.2) is 4.98 Å². The third-order valence-corrected chi connectivity index (χ3v) is 5.03. The fraction of sp³-hybridized carbons (Fsp3) is 0.471. The van der Waals surface area contributed by atoms with Gasteiger partial charge in [0.1, 0.15) is 11.4 Å². The Morgan fingerprint density at radius 2 is 2.04 bits per heavy atom. The minimum Gasteiger partial charge on any atom is -0.391 e. The molecule has 0 radical (unpaired) electrons. The average molecular weight is 328 g/mol. The number of hydrogen-bond donors (Lipinski definition) is 1. The molecule has 126 valence electrons. The summed E-state index contributed by atoms with van der Waals surface area (Å²) >= 11 is 0. The lowest BCUT2D eigenvalue weighted by molar-refractivity contribution is 0.0390. The molecule has 0 spiro atoms. The van der Waals surface area contributed by atoms with Gasteiger partial charge in [-0.05, 0) is 38.3 Å². The summed E-state index contributed by atoms with van der Waals surface area (Å²) in [6, 6.07) is 3.24. The van der Waals surface area contributed by atoms with Crippen molar-refractivity contribution >= 4 is 5.91 Å². The largest absolute Gasteiger partial charge is 0.391 e. The van der Waals surface area contributed by atoms with Crippen molar-refractivity contribution in [3.8, 4) is 5.69 Å². The van der Waals surface area contributed by atoms with E-state index in [4.69, 9.17) is 0 Å². The molecule has 0 saturated heterocycles. The Morgan fingerprint density at radius 3 is 2.71 bits per heavy atom. The lowest BCUT2D eigenvalue weighted by Gasteiger charge is -2.35. The molecule has 0 unspecified atom stereocenters. The van der Waals surface area contributed by atoms with Crippen LogP contribution in [0.4, 0.5) is 0 Å². The lowest BCUT2D eigenvalue weighted by atomic mass is 10.1. The van der Waals surface area contributed by atoms with Gasteiger partial charge in [0, 0.05) is 19.3 Å². The predicted octanol–water partition coefficient (Wildman–Crippen LogP) is 0.712. The monoisotopic (exact) mass is 328 g/mol. The topological polar surface area (TPSA) is 80.4 Å². The maximum Gasteiger partial charge on any atom is 0.275 e. The Balaban J connectivity index is 1.71. The molecule has 2 aliphatic rings. The number of nitrogens with zero attached hydrogens (tertiary/aromatic N) is 4. The van der Waals surface area contributed by atoms with E-state index in [0.717, 1.165) is 25.0 Å². The van der Waals surface area contributed by atoms with E-state index < -0.39 is 6.10 Å². The number of amides is 1. The standard InChI is InChI=1S/C17H20N4O3/c1-11-9-19(10-18-11)13-5-6-14-17(24)20(7-8-21(14)16(13)23)12-3-2-4-15(12)22/h5-6,9-10,12,15,22H,2-4,7-8H2,1H3/t12-,15-/m0/s1. The van der Waals surface area contributed by atoms with Crippen molar-refractivity contribution in [3.05, 3.63) is 46.4 Å². The van der Waals surface area contributed by atoms with Crippen LogP contribution in [0.3, 0.4) is 0 Å². The number of fused-ring (bicyclic) bond motifs is 1. The number of hydrogen-bond acceptors (Lipinski definition) is 4. The van der Waals surface area contributed by atoms with E-state index in [1.807, 2.05) is 6.92 Å². The predicted molar refractivity (Wildman–Crippen MR) is 87.2 cm³/mol. The van der Waals surface area contributed by atoms with E-state index in [9.17, 15) is 14.7 Å². The first-order valence-corrected chi connectivity index (χ1v) is 8.30. The smallest absolute Gasteiger partial charge is 0.275 e. The van der Waals surface area contributed by atoms with E-state index >= 15 is 0 Å². The van der Waals surface area contributed by atoms with Crippen LogP contribution >= 0.6 is 0 Å². The minimum atomic E-state index is -0.458. The van der Waals surface area contributed by atoms with Gasteiger partial charge < -0.3 is 19.1 Å². The van der Waals surface area contributed by atoms with Crippen molar-refractivity contribution in [1.82, 2.24) is 19.0 Å². The average Bonchev–Trinajstić information content (AvgIpc) is 3.17. The zero-order valence-corrected chi connectivity index (χ0v) is 13.6. The number of pyridine rings is 1. The molecule has 0 aromatic carbocycles. The third-order valence-electron chi connectivity index (χ3n) is 5.03. The Kier molecular flexibility index (Phi) is 3.53. The molecule has 1 aliphatic heterocycles. The van der Waals surface area contributed by atoms with E-state index in [1.165, 1.54) is 4.57 Å². The molecule has 24 heavy (non-hydrogen) atoms. The maximum absolute atomic E-state index is 12.8. The van der Waals surface area contributed by atoms with Crippen LogP contribution in [-0.2, 0) is 6.54 Å². The summed E-state index contributed by atoms with van der Waals surface area (Å²) in [5.74, 6) is -0.169. The van der Waals surface area contributed by atoms with Gasteiger partial charge in [-0.1, -0.05) is 0 Å². The Bertz CT molecular complexity index is 854. The molecule has 0 bridgehead atoms. The van der Waals surface area contributed by atoms with Gasteiger partial charge in [-0.3, -0.25) is 9.59 Å². The molecule has 1 fully saturated rings. The van der Waals surface area contributed by atoms with Gasteiger partial charge in [0.05, 0.1) is 24.2 Å². The van der Waals surface area contributed by atoms with Gasteiger partial charge in [0.15, 0.2) is 0 Å². The van der Waals surface area contributed by atoms with E-state index in [0.29, 0.717) is 24.5 Å². The fourth-order valence-electron chi connectivity index (χ4n) is 3.78. The van der Waals surface area contributed by atoms with E-state index in [2.05, 4.69) is 4.98 Å². The molecule has 7 heteroatoms. The number of carbonyl (C=O) groups excluding carboxylic acids is 1. The summed E-state index contributed by atoms with van der Waals surface area (Å²) in [5.41, 5.74) is 1.52. The van der Waals surface area contributed by atoms with Crippen molar-refractivity contribution in [2.24, 2.45) is 0 Å². The van der Waals surface area contributed by atoms with Crippen LogP contribution in [0.5, 0.6) is 0 Å². The van der Waals surface area contributed by atoms with Crippen molar-refractivity contribution < 1.29 is 9.90 Å². The maximum atomic E-state index is 12.8. The Morgan fingerprint density at radius 1 is 1.21 bits per heavy atom. The zero-order valence-electron chi connectivity index (χ0n) is 13.6. The van der Waals surface area contributed by atoms with Crippen LogP contribution in [0.2, 0.25) is 0 Å². The molecule has 3 heterocycles. The molecule has 1 saturated carbocycles. The summed E-state index contributed by atoms with van der Waals surface area (Å²) < 4.78 is 3.22. The number of rotatable bonds is 2. The summed E-state index contributed by atoms with van der Waals surface area (Å²) in [6.07, 6.45) is 5.42. The highest BCUT2D eigenvalue weighted by molar-refractivity contribution is 5.93. The van der Waals surface area contributed by atoms with Crippen molar-refractivity contribution in [1.29, 1.82) is 0 Å². The number of aromatic nitrogens is 3. The normalized spacial score (nSPS) is 23.6. The van der Waals surface area contributed by atoms with Crippen LogP contribution < -0.4 is 5.56 Å². The van der Waals surface area contributed by atoms with E-state index in [-0.39, 0.29) is 17.5 Å². The van der Waals surface area contributed by atoms with Gasteiger partial charge in [0.2, 0.25) is 0 Å². The highest BCUT2D eigenvalue weighted by atomic mass is 16.3. The van der Waals surface area contributed by atoms with Crippen LogP contribution in [-0.4, -0.2) is 48.7 Å². The number of imidazole rings is 1. The van der Waals surface area contributed by atoms with Gasteiger partial charge in [-0.2, -0.15) is 0 Å². The highest BCUT2D eigenvalue weighted by Crippen LogP contribution is 2.27. The summed E-state index contributed by atoms with van der Waals surface area (Å²) in [7, 11) is 0. The lowest BCUT2D eigenvalue weighted by Crippen LogP contribution is -2.51.